The van der Waals surface area contributed by atoms with Crippen LogP contribution in [0.1, 0.15) is 134 Å². The number of rotatable bonds is 4. The van der Waals surface area contributed by atoms with E-state index in [9.17, 15) is 0 Å². The van der Waals surface area contributed by atoms with Gasteiger partial charge in [-0.1, -0.05) is 117 Å². The summed E-state index contributed by atoms with van der Waals surface area (Å²) in [5.41, 5.74) is 20.5. The van der Waals surface area contributed by atoms with E-state index in [4.69, 9.17) is 0 Å². The summed E-state index contributed by atoms with van der Waals surface area (Å²) in [6, 6.07) is 30.9. The Hall–Kier alpha value is -2.83. The molecule has 0 saturated carbocycles. The molecule has 1 atom stereocenters. The van der Waals surface area contributed by atoms with Crippen LogP contribution in [-0.2, 0) is 41.5 Å². The molecule has 0 aromatic heterocycles. The van der Waals surface area contributed by atoms with Crippen molar-refractivity contribution in [1.29, 1.82) is 0 Å². The maximum absolute atomic E-state index is 3.65. The average molecular weight is 831 g/mol. The van der Waals surface area contributed by atoms with Crippen LogP contribution in [0.15, 0.2) is 108 Å². The van der Waals surface area contributed by atoms with Gasteiger partial charge in [0.15, 0.2) is 0 Å². The fraction of sp³-hybridized carbons (Fsp3) is 0.353. The predicted octanol–water partition coefficient (Wildman–Crippen LogP) is 7.40. The summed E-state index contributed by atoms with van der Waals surface area (Å²) in [7, 11) is 0. The number of hydrogen-bond donors (Lipinski definition) is 0. The SMILES string of the molecule is CC1=[C-]C(C)(C)c2cc3c(cc21)-c1cc2c(cc1C3)C(C)(C)C=C2C.CCC1=[C-]C(CC)C=C1C(C)(C)C.[Cl-].[Cl-].[Zr+2]=[C](c1ccccc1)c1ccccc1. The number of allylic oxidation sites excluding steroid dienone is 8. The molecule has 0 spiro atoms. The molecule has 1 unspecified atom stereocenters. The fourth-order valence-corrected chi connectivity index (χ4v) is 9.33. The van der Waals surface area contributed by atoms with E-state index in [0.717, 1.165) is 12.8 Å². The molecule has 0 aliphatic heterocycles. The number of hydrogen-bond acceptors (Lipinski definition) is 0. The van der Waals surface area contributed by atoms with Crippen molar-refractivity contribution < 1.29 is 49.0 Å². The first kappa shape index (κ1) is 43.9. The Morgan fingerprint density at radius 3 is 1.74 bits per heavy atom. The minimum atomic E-state index is 0. The molecule has 0 N–H and O–H groups in total. The van der Waals surface area contributed by atoms with E-state index in [-0.39, 0.29) is 35.6 Å². The predicted molar refractivity (Wildman–Crippen MR) is 221 cm³/mol. The molecule has 0 bridgehead atoms. The summed E-state index contributed by atoms with van der Waals surface area (Å²) in [5, 5.41) is 0. The third-order valence-corrected chi connectivity index (χ3v) is 12.6. The van der Waals surface area contributed by atoms with Gasteiger partial charge in [-0.05, 0) is 58.4 Å². The maximum atomic E-state index is 3.65. The molecule has 0 heterocycles. The zero-order valence-electron chi connectivity index (χ0n) is 34.2. The van der Waals surface area contributed by atoms with E-state index in [0.29, 0.717) is 11.3 Å². The fourth-order valence-electron chi connectivity index (χ4n) is 8.51. The van der Waals surface area contributed by atoms with Crippen molar-refractivity contribution in [3.63, 3.8) is 0 Å². The molecule has 0 nitrogen and oxygen atoms in total. The van der Waals surface area contributed by atoms with E-state index >= 15 is 0 Å². The van der Waals surface area contributed by atoms with E-state index in [2.05, 4.69) is 185 Å². The molecule has 4 aliphatic rings. The molecule has 54 heavy (non-hydrogen) atoms. The Bertz CT molecular complexity index is 2010. The van der Waals surface area contributed by atoms with Crippen molar-refractivity contribution in [2.45, 2.75) is 106 Å². The third-order valence-electron chi connectivity index (χ3n) is 11.2. The summed E-state index contributed by atoms with van der Waals surface area (Å²) in [5.74, 6) is 0.573. The monoisotopic (exact) mass is 828 g/mol. The Morgan fingerprint density at radius 2 is 1.26 bits per heavy atom. The standard InChI is InChI=1S/C25H25.C13H10.C13H21.2ClH.Zr/c1-14-12-24(3,4)22-8-16-7-17-9-23-19(15(2)13-25(23,5)6)11-21(17)20(16)10-18(14)22;1-3-7-12(8-4-1)11-13-9-5-2-6-10-13;1-6-10-8-11(7-2)12(9-10)13(3,4)5;;;/h8-12H,7H2,1-6H3;1-10H;9-10H,6-7H2,1-5H3;2*1H;/q-1;;-1;;;+2/p-2. The molecule has 0 amide bonds. The van der Waals surface area contributed by atoms with Crippen LogP contribution in [0, 0.1) is 23.5 Å². The molecular formula is C51H56Cl2Zr-2. The Labute approximate surface area is 354 Å². The van der Waals surface area contributed by atoms with Crippen LogP contribution in [0.25, 0.3) is 22.3 Å². The summed E-state index contributed by atoms with van der Waals surface area (Å²) in [6.07, 6.45) is 15.4. The molecule has 0 saturated heterocycles. The third kappa shape index (κ3) is 8.91. The van der Waals surface area contributed by atoms with Crippen molar-refractivity contribution in [3.05, 3.63) is 165 Å². The van der Waals surface area contributed by atoms with Gasteiger partial charge in [0, 0.05) is 5.41 Å². The first-order valence-electron chi connectivity index (χ1n) is 19.3. The van der Waals surface area contributed by atoms with Gasteiger partial charge in [0.1, 0.15) is 0 Å². The summed E-state index contributed by atoms with van der Waals surface area (Å²) in [4.78, 5) is 0. The zero-order valence-corrected chi connectivity index (χ0v) is 38.2. The van der Waals surface area contributed by atoms with Crippen molar-refractivity contribution in [1.82, 2.24) is 0 Å². The number of halogens is 2. The minimum absolute atomic E-state index is 0. The molecule has 4 aliphatic carbocycles. The van der Waals surface area contributed by atoms with E-state index < -0.39 is 0 Å². The van der Waals surface area contributed by atoms with Crippen LogP contribution >= 0.6 is 0 Å². The normalized spacial score (nSPS) is 17.6. The summed E-state index contributed by atoms with van der Waals surface area (Å²) < 4.78 is 1.42. The second kappa shape index (κ2) is 17.1. The van der Waals surface area contributed by atoms with Gasteiger partial charge in [-0.15, -0.1) is 11.6 Å². The Balaban J connectivity index is 0.000000193. The summed E-state index contributed by atoms with van der Waals surface area (Å²) in [6.45, 7) is 25.0. The number of fused-ring (bicyclic) bond motifs is 5. The van der Waals surface area contributed by atoms with Crippen molar-refractivity contribution >= 4 is 14.4 Å². The van der Waals surface area contributed by atoms with Crippen molar-refractivity contribution in [2.24, 2.45) is 11.3 Å². The summed E-state index contributed by atoms with van der Waals surface area (Å²) >= 11 is 1.46. The van der Waals surface area contributed by atoms with Crippen LogP contribution in [0.5, 0.6) is 0 Å². The van der Waals surface area contributed by atoms with Gasteiger partial charge < -0.3 is 24.8 Å². The van der Waals surface area contributed by atoms with Crippen LogP contribution in [-0.4, -0.2) is 3.21 Å². The molecule has 4 aromatic rings. The molecule has 0 fully saturated rings. The number of benzene rings is 4. The van der Waals surface area contributed by atoms with Crippen molar-refractivity contribution in [3.8, 4) is 11.1 Å². The van der Waals surface area contributed by atoms with Gasteiger partial charge in [-0.25, -0.2) is 11.1 Å². The van der Waals surface area contributed by atoms with Crippen LogP contribution in [0.4, 0.5) is 0 Å². The molecule has 0 radical (unpaired) electrons. The zero-order chi connectivity index (χ0) is 37.6. The molecule has 8 rings (SSSR count). The van der Waals surface area contributed by atoms with E-state index in [1.165, 1.54) is 112 Å². The second-order valence-electron chi connectivity index (χ2n) is 17.1. The molecule has 4 aromatic carbocycles. The van der Waals surface area contributed by atoms with Crippen LogP contribution in [0.2, 0.25) is 0 Å². The van der Waals surface area contributed by atoms with Crippen LogP contribution in [0.3, 0.4) is 0 Å². The van der Waals surface area contributed by atoms with E-state index in [1.54, 1.807) is 0 Å². The quantitative estimate of drug-likeness (QED) is 0.166. The average Bonchev–Trinajstić information content (AvgIpc) is 3.83. The first-order valence-corrected chi connectivity index (χ1v) is 20.5. The van der Waals surface area contributed by atoms with Gasteiger partial charge >= 0.3 is 99.2 Å². The molecule has 280 valence electrons. The Morgan fingerprint density at radius 1 is 0.741 bits per heavy atom. The Kier molecular flexibility index (Phi) is 13.9. The molecular weight excluding hydrogens is 775 g/mol. The van der Waals surface area contributed by atoms with Gasteiger partial charge in [0.05, 0.1) is 0 Å². The molecule has 3 heteroatoms. The first-order chi connectivity index (χ1) is 24.5. The van der Waals surface area contributed by atoms with Gasteiger partial charge in [0.2, 0.25) is 0 Å². The van der Waals surface area contributed by atoms with Gasteiger partial charge in [-0.3, -0.25) is 12.2 Å². The second-order valence-corrected chi connectivity index (χ2v) is 18.4. The van der Waals surface area contributed by atoms with E-state index in [1.807, 2.05) is 0 Å². The van der Waals surface area contributed by atoms with Crippen molar-refractivity contribution in [2.75, 3.05) is 0 Å². The van der Waals surface area contributed by atoms with Crippen LogP contribution < -0.4 is 24.8 Å². The van der Waals surface area contributed by atoms with Gasteiger partial charge in [-0.2, -0.15) is 17.2 Å². The topological polar surface area (TPSA) is 0 Å². The van der Waals surface area contributed by atoms with Gasteiger partial charge in [0.25, 0.3) is 0 Å².